The van der Waals surface area contributed by atoms with E-state index in [1.807, 2.05) is 30.3 Å². The van der Waals surface area contributed by atoms with Gasteiger partial charge in [0, 0.05) is 54.2 Å². The second-order valence-corrected chi connectivity index (χ2v) is 13.9. The van der Waals surface area contributed by atoms with Crippen LogP contribution >= 0.6 is 27.7 Å². The van der Waals surface area contributed by atoms with E-state index in [9.17, 15) is 19.5 Å². The van der Waals surface area contributed by atoms with Crippen LogP contribution in [0.5, 0.6) is 0 Å². The van der Waals surface area contributed by atoms with Crippen molar-refractivity contribution in [1.29, 1.82) is 0 Å². The molecule has 3 aliphatic rings. The van der Waals surface area contributed by atoms with E-state index in [1.165, 1.54) is 0 Å². The molecule has 2 amide bonds. The first-order valence-corrected chi connectivity index (χ1v) is 16.9. The standard InChI is InChI=1S/C32H44BrN3O5S/c1-5-9-10-11-20-41-31(40)25-26-29(38)36(18-12-19-37)28(32(26)21-24(33)27(25)42-32)30(39)35(17-6-2)23-15-13-22(14-16-23)34(7-3)8-4/h5-6,13-16,24-28,37H,1-2,7-12,17-21H2,3-4H3/t24?,25-,26-,27-,28?,32?/m0/s1. The van der Waals surface area contributed by atoms with Gasteiger partial charge in [0.15, 0.2) is 0 Å². The van der Waals surface area contributed by atoms with Crippen molar-refractivity contribution >= 4 is 56.9 Å². The van der Waals surface area contributed by atoms with Gasteiger partial charge < -0.3 is 24.5 Å². The Kier molecular flexibility index (Phi) is 11.2. The van der Waals surface area contributed by atoms with Crippen molar-refractivity contribution in [1.82, 2.24) is 4.90 Å². The number of amides is 2. The summed E-state index contributed by atoms with van der Waals surface area (Å²) in [5.74, 6) is -2.02. The van der Waals surface area contributed by atoms with Gasteiger partial charge in [-0.2, -0.15) is 0 Å². The zero-order valence-corrected chi connectivity index (χ0v) is 27.2. The van der Waals surface area contributed by atoms with Crippen molar-refractivity contribution in [3.05, 3.63) is 49.6 Å². The number of esters is 1. The van der Waals surface area contributed by atoms with Gasteiger partial charge in [-0.3, -0.25) is 14.4 Å². The number of carbonyl (C=O) groups excluding carboxylic acids is 3. The Bertz CT molecular complexity index is 1150. The number of alkyl halides is 1. The van der Waals surface area contributed by atoms with Crippen LogP contribution in [-0.2, 0) is 19.1 Å². The van der Waals surface area contributed by atoms with Gasteiger partial charge in [0.2, 0.25) is 5.91 Å². The number of rotatable bonds is 16. The van der Waals surface area contributed by atoms with Crippen molar-refractivity contribution in [2.24, 2.45) is 11.8 Å². The molecule has 1 aromatic carbocycles. The molecule has 4 rings (SSSR count). The molecular formula is C32H44BrN3O5S. The van der Waals surface area contributed by atoms with Crippen LogP contribution in [0.3, 0.4) is 0 Å². The molecule has 6 atom stereocenters. The fourth-order valence-electron chi connectivity index (χ4n) is 6.85. The van der Waals surface area contributed by atoms with Crippen molar-refractivity contribution < 1.29 is 24.2 Å². The summed E-state index contributed by atoms with van der Waals surface area (Å²) in [7, 11) is 0. The number of carbonyl (C=O) groups is 3. The third-order valence-corrected chi connectivity index (χ3v) is 12.0. The van der Waals surface area contributed by atoms with E-state index in [1.54, 1.807) is 27.6 Å². The molecule has 0 radical (unpaired) electrons. The zero-order chi connectivity index (χ0) is 30.4. The molecule has 1 spiro atoms. The number of anilines is 2. The number of allylic oxidation sites excluding steroid dienone is 1. The number of benzene rings is 1. The Balaban J connectivity index is 1.66. The molecule has 2 bridgehead atoms. The number of aliphatic hydroxyl groups excluding tert-OH is 1. The van der Waals surface area contributed by atoms with Gasteiger partial charge in [-0.05, 0) is 70.2 Å². The molecule has 1 N–H and O–H groups in total. The Morgan fingerprint density at radius 1 is 1.14 bits per heavy atom. The first-order valence-electron chi connectivity index (χ1n) is 15.1. The number of thioether (sulfide) groups is 1. The number of aliphatic hydroxyl groups is 1. The van der Waals surface area contributed by atoms with E-state index in [2.05, 4.69) is 47.8 Å². The van der Waals surface area contributed by atoms with Crippen molar-refractivity contribution in [3.63, 3.8) is 0 Å². The molecule has 10 heteroatoms. The van der Waals surface area contributed by atoms with E-state index < -0.39 is 22.6 Å². The van der Waals surface area contributed by atoms with Gasteiger partial charge in [-0.15, -0.1) is 24.9 Å². The minimum absolute atomic E-state index is 0.0285. The molecule has 3 fully saturated rings. The van der Waals surface area contributed by atoms with Crippen LogP contribution in [-0.4, -0.2) is 88.0 Å². The number of hydrogen-bond donors (Lipinski definition) is 1. The van der Waals surface area contributed by atoms with Crippen molar-refractivity contribution in [2.75, 3.05) is 49.2 Å². The van der Waals surface area contributed by atoms with E-state index in [0.717, 1.165) is 43.7 Å². The van der Waals surface area contributed by atoms with Crippen molar-refractivity contribution in [2.45, 2.75) is 66.8 Å². The highest BCUT2D eigenvalue weighted by molar-refractivity contribution is 9.09. The van der Waals surface area contributed by atoms with Crippen LogP contribution in [0.25, 0.3) is 0 Å². The molecule has 8 nitrogen and oxygen atoms in total. The summed E-state index contributed by atoms with van der Waals surface area (Å²) in [5, 5.41) is 9.49. The molecule has 0 aromatic heterocycles. The predicted octanol–water partition coefficient (Wildman–Crippen LogP) is 4.80. The van der Waals surface area contributed by atoms with Gasteiger partial charge >= 0.3 is 5.97 Å². The summed E-state index contributed by atoms with van der Waals surface area (Å²) in [5.41, 5.74) is 1.81. The number of unbranched alkanes of at least 4 members (excludes halogenated alkanes) is 2. The second-order valence-electron chi connectivity index (χ2n) is 11.2. The average molecular weight is 663 g/mol. The van der Waals surface area contributed by atoms with E-state index in [-0.39, 0.29) is 47.6 Å². The number of hydrogen-bond acceptors (Lipinski definition) is 7. The van der Waals surface area contributed by atoms with Crippen LogP contribution in [0.1, 0.15) is 46.0 Å². The maximum absolute atomic E-state index is 14.6. The normalized spacial score (nSPS) is 27.6. The fourth-order valence-corrected chi connectivity index (χ4v) is 10.4. The van der Waals surface area contributed by atoms with Gasteiger partial charge in [0.1, 0.15) is 6.04 Å². The van der Waals surface area contributed by atoms with Crippen LogP contribution in [0, 0.1) is 11.8 Å². The predicted molar refractivity (Wildman–Crippen MR) is 173 cm³/mol. The lowest BCUT2D eigenvalue weighted by atomic mass is 9.71. The van der Waals surface area contributed by atoms with Gasteiger partial charge in [0.05, 0.1) is 23.2 Å². The highest BCUT2D eigenvalue weighted by Crippen LogP contribution is 2.68. The maximum atomic E-state index is 14.6. The summed E-state index contributed by atoms with van der Waals surface area (Å²) in [4.78, 5) is 47.8. The first-order chi connectivity index (χ1) is 20.3. The third-order valence-electron chi connectivity index (χ3n) is 8.77. The van der Waals surface area contributed by atoms with Crippen molar-refractivity contribution in [3.8, 4) is 0 Å². The molecule has 3 heterocycles. The fraction of sp³-hybridized carbons (Fsp3) is 0.594. The topological polar surface area (TPSA) is 90.4 Å². The SMILES string of the molecule is C=CCCCCOC(=O)[C@H]1[C@H]2C(=O)N(CCCO)C(C(=O)N(CC=C)c3ccc(N(CC)CC)cc3)C23CC(Br)[C@@H]1S3. The van der Waals surface area contributed by atoms with Crippen LogP contribution < -0.4 is 9.80 Å². The molecule has 3 aliphatic heterocycles. The summed E-state index contributed by atoms with van der Waals surface area (Å²) >= 11 is 5.40. The highest BCUT2D eigenvalue weighted by Gasteiger charge is 2.76. The molecule has 0 saturated carbocycles. The number of nitrogens with zero attached hydrogens (tertiary/aromatic N) is 3. The molecule has 42 heavy (non-hydrogen) atoms. The molecule has 3 saturated heterocycles. The average Bonchev–Trinajstić information content (AvgIpc) is 3.58. The maximum Gasteiger partial charge on any atom is 0.310 e. The Morgan fingerprint density at radius 2 is 1.83 bits per heavy atom. The van der Waals surface area contributed by atoms with E-state index >= 15 is 0 Å². The monoisotopic (exact) mass is 661 g/mol. The van der Waals surface area contributed by atoms with Gasteiger partial charge in [-0.1, -0.05) is 28.1 Å². The first kappa shape index (κ1) is 32.6. The molecular weight excluding hydrogens is 618 g/mol. The van der Waals surface area contributed by atoms with Gasteiger partial charge in [0.25, 0.3) is 5.91 Å². The number of halogens is 1. The highest BCUT2D eigenvalue weighted by atomic mass is 79.9. The summed E-state index contributed by atoms with van der Waals surface area (Å²) in [6, 6.07) is 7.14. The summed E-state index contributed by atoms with van der Waals surface area (Å²) in [6.07, 6.45) is 6.96. The lowest BCUT2D eigenvalue weighted by Gasteiger charge is -2.38. The number of fused-ring (bicyclic) bond motifs is 1. The zero-order valence-electron chi connectivity index (χ0n) is 24.8. The summed E-state index contributed by atoms with van der Waals surface area (Å²) in [6.45, 7) is 14.3. The van der Waals surface area contributed by atoms with Crippen LogP contribution in [0.15, 0.2) is 49.6 Å². The lowest BCUT2D eigenvalue weighted by Crippen LogP contribution is -2.55. The Hall–Kier alpha value is -2.30. The number of ether oxygens (including phenoxy) is 1. The van der Waals surface area contributed by atoms with Gasteiger partial charge in [-0.25, -0.2) is 0 Å². The number of likely N-dealkylation sites (tertiary alicyclic amines) is 1. The minimum Gasteiger partial charge on any atom is -0.465 e. The molecule has 0 aliphatic carbocycles. The second kappa shape index (κ2) is 14.4. The quantitative estimate of drug-likeness (QED) is 0.118. The third kappa shape index (κ3) is 6.04. The largest absolute Gasteiger partial charge is 0.465 e. The lowest BCUT2D eigenvalue weighted by molar-refractivity contribution is -0.154. The van der Waals surface area contributed by atoms with Crippen LogP contribution in [0.2, 0.25) is 0 Å². The van der Waals surface area contributed by atoms with Crippen LogP contribution in [0.4, 0.5) is 11.4 Å². The molecule has 3 unspecified atom stereocenters. The smallest absolute Gasteiger partial charge is 0.310 e. The van der Waals surface area contributed by atoms with E-state index in [0.29, 0.717) is 19.4 Å². The Labute approximate surface area is 262 Å². The Morgan fingerprint density at radius 3 is 2.45 bits per heavy atom. The summed E-state index contributed by atoms with van der Waals surface area (Å²) < 4.78 is 4.94. The minimum atomic E-state index is -0.774. The molecule has 230 valence electrons. The van der Waals surface area contributed by atoms with E-state index in [4.69, 9.17) is 4.74 Å². The molecule has 1 aromatic rings.